The fourth-order valence-corrected chi connectivity index (χ4v) is 4.32. The predicted octanol–water partition coefficient (Wildman–Crippen LogP) is 8.07. The molecule has 1 aromatic heterocycles. The van der Waals surface area contributed by atoms with Crippen LogP contribution in [0.4, 0.5) is 5.69 Å². The monoisotopic (exact) mass is 479 g/mol. The van der Waals surface area contributed by atoms with Gasteiger partial charge in [-0.15, -0.1) is 0 Å². The van der Waals surface area contributed by atoms with E-state index in [1.807, 2.05) is 19.9 Å². The second-order valence-electron chi connectivity index (χ2n) is 7.92. The molecule has 4 rings (SSSR count). The third-order valence-electron chi connectivity index (χ3n) is 5.57. The SMILES string of the molecule is COc1c(/C(C)=C/C(=O)Nc2ccc(Cl)cc2Cl)cc2c(-c3ccc(C)cc3)coc2c1C. The maximum Gasteiger partial charge on any atom is 0.248 e. The zero-order chi connectivity index (χ0) is 23.7. The van der Waals surface area contributed by atoms with Gasteiger partial charge in [0.15, 0.2) is 0 Å². The number of carbonyl (C=O) groups excluding carboxylic acids is 1. The van der Waals surface area contributed by atoms with Crippen LogP contribution in [-0.2, 0) is 4.79 Å². The molecule has 0 bridgehead atoms. The Kier molecular flexibility index (Phi) is 6.50. The topological polar surface area (TPSA) is 51.5 Å². The van der Waals surface area contributed by atoms with Gasteiger partial charge in [-0.2, -0.15) is 0 Å². The summed E-state index contributed by atoms with van der Waals surface area (Å²) in [6, 6.07) is 15.2. The molecule has 1 amide bonds. The van der Waals surface area contributed by atoms with E-state index in [0.29, 0.717) is 21.5 Å². The Hall–Kier alpha value is -3.21. The Morgan fingerprint density at radius 3 is 2.45 bits per heavy atom. The average molecular weight is 480 g/mol. The molecule has 0 aliphatic rings. The van der Waals surface area contributed by atoms with Crippen molar-refractivity contribution < 1.29 is 13.9 Å². The first-order valence-electron chi connectivity index (χ1n) is 10.4. The summed E-state index contributed by atoms with van der Waals surface area (Å²) < 4.78 is 11.6. The number of carbonyl (C=O) groups is 1. The van der Waals surface area contributed by atoms with Crippen molar-refractivity contribution in [3.8, 4) is 16.9 Å². The molecule has 0 radical (unpaired) electrons. The Labute approximate surface area is 202 Å². The minimum Gasteiger partial charge on any atom is -0.496 e. The summed E-state index contributed by atoms with van der Waals surface area (Å²) in [6.45, 7) is 5.88. The van der Waals surface area contributed by atoms with Gasteiger partial charge in [0.2, 0.25) is 5.91 Å². The largest absolute Gasteiger partial charge is 0.496 e. The van der Waals surface area contributed by atoms with Crippen LogP contribution in [0, 0.1) is 13.8 Å². The third kappa shape index (κ3) is 4.63. The van der Waals surface area contributed by atoms with E-state index in [9.17, 15) is 4.79 Å². The van der Waals surface area contributed by atoms with Crippen LogP contribution in [0.1, 0.15) is 23.6 Å². The average Bonchev–Trinajstić information content (AvgIpc) is 3.20. The van der Waals surface area contributed by atoms with Gasteiger partial charge in [-0.1, -0.05) is 53.0 Å². The summed E-state index contributed by atoms with van der Waals surface area (Å²) in [5.74, 6) is 0.362. The first-order chi connectivity index (χ1) is 15.8. The molecule has 168 valence electrons. The van der Waals surface area contributed by atoms with Gasteiger partial charge in [0, 0.05) is 33.2 Å². The molecule has 0 spiro atoms. The molecule has 1 heterocycles. The normalized spacial score (nSPS) is 11.6. The molecule has 1 N–H and O–H groups in total. The first-order valence-corrected chi connectivity index (χ1v) is 11.1. The number of rotatable bonds is 5. The fourth-order valence-electron chi connectivity index (χ4n) is 3.86. The zero-order valence-corrected chi connectivity index (χ0v) is 20.3. The number of furan rings is 1. The maximum absolute atomic E-state index is 12.7. The molecule has 4 nitrogen and oxygen atoms in total. The smallest absolute Gasteiger partial charge is 0.248 e. The quantitative estimate of drug-likeness (QED) is 0.294. The lowest BCUT2D eigenvalue weighted by atomic mass is 9.96. The van der Waals surface area contributed by atoms with E-state index in [-0.39, 0.29) is 5.91 Å². The Balaban J connectivity index is 1.75. The summed E-state index contributed by atoms with van der Waals surface area (Å²) in [4.78, 5) is 12.7. The van der Waals surface area contributed by atoms with Crippen molar-refractivity contribution in [1.82, 2.24) is 0 Å². The minimum atomic E-state index is -0.303. The number of nitrogens with one attached hydrogen (secondary N) is 1. The molecule has 0 aliphatic heterocycles. The Morgan fingerprint density at radius 2 is 1.79 bits per heavy atom. The second kappa shape index (κ2) is 9.34. The van der Waals surface area contributed by atoms with Crippen molar-refractivity contribution in [2.24, 2.45) is 0 Å². The molecule has 33 heavy (non-hydrogen) atoms. The van der Waals surface area contributed by atoms with Gasteiger partial charge in [-0.25, -0.2) is 0 Å². The highest BCUT2D eigenvalue weighted by Gasteiger charge is 2.19. The van der Waals surface area contributed by atoms with Crippen molar-refractivity contribution >= 4 is 51.3 Å². The third-order valence-corrected chi connectivity index (χ3v) is 6.12. The van der Waals surface area contributed by atoms with E-state index in [4.69, 9.17) is 32.4 Å². The molecule has 0 unspecified atom stereocenters. The van der Waals surface area contributed by atoms with Gasteiger partial charge in [-0.05, 0) is 56.2 Å². The highest BCUT2D eigenvalue weighted by Crippen LogP contribution is 2.40. The van der Waals surface area contributed by atoms with Crippen LogP contribution in [0.25, 0.3) is 27.7 Å². The van der Waals surface area contributed by atoms with Crippen molar-refractivity contribution in [2.45, 2.75) is 20.8 Å². The summed E-state index contributed by atoms with van der Waals surface area (Å²) in [5, 5.41) is 4.63. The lowest BCUT2D eigenvalue weighted by molar-refractivity contribution is -0.111. The molecule has 6 heteroatoms. The van der Waals surface area contributed by atoms with Gasteiger partial charge in [0.1, 0.15) is 11.3 Å². The molecule has 0 saturated carbocycles. The number of ether oxygens (including phenoxy) is 1. The van der Waals surface area contributed by atoms with Gasteiger partial charge in [0.25, 0.3) is 0 Å². The fraction of sp³-hybridized carbons (Fsp3) is 0.148. The van der Waals surface area contributed by atoms with Gasteiger partial charge >= 0.3 is 0 Å². The van der Waals surface area contributed by atoms with Crippen LogP contribution >= 0.6 is 23.2 Å². The molecular weight excluding hydrogens is 457 g/mol. The molecule has 0 saturated heterocycles. The number of fused-ring (bicyclic) bond motifs is 1. The number of hydrogen-bond acceptors (Lipinski definition) is 3. The van der Waals surface area contributed by atoms with Crippen LogP contribution < -0.4 is 10.1 Å². The maximum atomic E-state index is 12.7. The van der Waals surface area contributed by atoms with Crippen LogP contribution in [0.5, 0.6) is 5.75 Å². The number of hydrogen-bond donors (Lipinski definition) is 1. The van der Waals surface area contributed by atoms with E-state index in [1.54, 1.807) is 31.6 Å². The number of amides is 1. The van der Waals surface area contributed by atoms with Crippen LogP contribution in [0.2, 0.25) is 10.0 Å². The van der Waals surface area contributed by atoms with Crippen molar-refractivity contribution in [2.75, 3.05) is 12.4 Å². The zero-order valence-electron chi connectivity index (χ0n) is 18.8. The second-order valence-corrected chi connectivity index (χ2v) is 8.76. The van der Waals surface area contributed by atoms with Gasteiger partial charge in [-0.3, -0.25) is 4.79 Å². The molecule has 0 aliphatic carbocycles. The number of benzene rings is 3. The number of methoxy groups -OCH3 is 1. The van der Waals surface area contributed by atoms with Crippen molar-refractivity contribution in [3.63, 3.8) is 0 Å². The van der Waals surface area contributed by atoms with Crippen molar-refractivity contribution in [1.29, 1.82) is 0 Å². The summed E-state index contributed by atoms with van der Waals surface area (Å²) >= 11 is 12.1. The lowest BCUT2D eigenvalue weighted by Crippen LogP contribution is -2.09. The number of halogens is 2. The number of anilines is 1. The van der Waals surface area contributed by atoms with E-state index in [2.05, 4.69) is 36.5 Å². The van der Waals surface area contributed by atoms with Gasteiger partial charge < -0.3 is 14.5 Å². The van der Waals surface area contributed by atoms with Crippen LogP contribution in [-0.4, -0.2) is 13.0 Å². The molecule has 0 fully saturated rings. The molecule has 4 aromatic rings. The van der Waals surface area contributed by atoms with E-state index in [0.717, 1.165) is 38.8 Å². The lowest BCUT2D eigenvalue weighted by Gasteiger charge is -2.13. The highest BCUT2D eigenvalue weighted by molar-refractivity contribution is 6.36. The first kappa shape index (κ1) is 23.0. The summed E-state index contributed by atoms with van der Waals surface area (Å²) in [7, 11) is 1.61. The summed E-state index contributed by atoms with van der Waals surface area (Å²) in [6.07, 6.45) is 3.29. The van der Waals surface area contributed by atoms with E-state index < -0.39 is 0 Å². The van der Waals surface area contributed by atoms with E-state index in [1.165, 1.54) is 11.6 Å². The highest BCUT2D eigenvalue weighted by atomic mass is 35.5. The van der Waals surface area contributed by atoms with Crippen LogP contribution in [0.3, 0.4) is 0 Å². The standard InChI is InChI=1S/C27H23Cl2NO3/c1-15-5-7-18(8-6-15)22-14-33-27-17(3)26(32-4)20(13-21(22)27)16(2)11-25(31)30-24-10-9-19(28)12-23(24)29/h5-14H,1-4H3,(H,30,31)/b16-11+. The molecule has 3 aromatic carbocycles. The van der Waals surface area contributed by atoms with Crippen LogP contribution in [0.15, 0.2) is 65.3 Å². The number of allylic oxidation sites excluding steroid dienone is 1. The number of aryl methyl sites for hydroxylation is 2. The van der Waals surface area contributed by atoms with Crippen molar-refractivity contribution in [3.05, 3.63) is 87.6 Å². The predicted molar refractivity (Wildman–Crippen MR) is 136 cm³/mol. The van der Waals surface area contributed by atoms with Gasteiger partial charge in [0.05, 0.1) is 24.1 Å². The Bertz CT molecular complexity index is 1390. The molecule has 0 atom stereocenters. The molecular formula is C27H23Cl2NO3. The minimum absolute atomic E-state index is 0.303. The van der Waals surface area contributed by atoms with E-state index >= 15 is 0 Å². The Morgan fingerprint density at radius 1 is 1.06 bits per heavy atom. The summed E-state index contributed by atoms with van der Waals surface area (Å²) in [5.41, 5.74) is 6.92.